The molecule has 0 aliphatic heterocycles. The lowest BCUT2D eigenvalue weighted by molar-refractivity contribution is 0.0651. The first kappa shape index (κ1) is 21.6. The Balaban J connectivity index is 1.14. The molecule has 8 heteroatoms. The second-order valence-corrected chi connectivity index (χ2v) is 10.0. The highest BCUT2D eigenvalue weighted by molar-refractivity contribution is 7.15. The first-order chi connectivity index (χ1) is 16.0. The maximum absolute atomic E-state index is 12.7. The predicted molar refractivity (Wildman–Crippen MR) is 125 cm³/mol. The Morgan fingerprint density at radius 3 is 2.48 bits per heavy atom. The largest absolute Gasteiger partial charge is 0.506 e. The van der Waals surface area contributed by atoms with Crippen LogP contribution < -0.4 is 5.32 Å². The standard InChI is InChI=1S/C25H25N3O4S/c29-22(26-23-28-27-21(33-23)14-16-4-2-1-3-5-16)19-8-6-17(7-9-19)18-10-12-25(13-11-18)15-20(25)32-24(30)31/h1-9,18,20H,10-15H2,(H,30,31)(H,26,28,29). The summed E-state index contributed by atoms with van der Waals surface area (Å²) in [6.45, 7) is 0. The van der Waals surface area contributed by atoms with Crippen LogP contribution in [0.2, 0.25) is 0 Å². The van der Waals surface area contributed by atoms with Crippen molar-refractivity contribution in [2.75, 3.05) is 5.32 Å². The Bertz CT molecular complexity index is 1140. The van der Waals surface area contributed by atoms with Crippen LogP contribution in [0.5, 0.6) is 0 Å². The summed E-state index contributed by atoms with van der Waals surface area (Å²) in [6.07, 6.45) is 4.24. The van der Waals surface area contributed by atoms with Crippen molar-refractivity contribution >= 4 is 28.5 Å². The van der Waals surface area contributed by atoms with E-state index in [-0.39, 0.29) is 17.4 Å². The van der Waals surface area contributed by atoms with Gasteiger partial charge in [-0.3, -0.25) is 10.1 Å². The topological polar surface area (TPSA) is 101 Å². The van der Waals surface area contributed by atoms with Crippen LogP contribution in [0.1, 0.15) is 64.5 Å². The molecule has 1 spiro atoms. The van der Waals surface area contributed by atoms with Crippen molar-refractivity contribution in [3.63, 3.8) is 0 Å². The van der Waals surface area contributed by atoms with Gasteiger partial charge in [0, 0.05) is 17.4 Å². The minimum absolute atomic E-state index is 0.0653. The van der Waals surface area contributed by atoms with Crippen molar-refractivity contribution in [2.24, 2.45) is 5.41 Å². The van der Waals surface area contributed by atoms with Gasteiger partial charge in [-0.25, -0.2) is 4.79 Å². The molecule has 5 rings (SSSR count). The highest BCUT2D eigenvalue weighted by atomic mass is 32.1. The monoisotopic (exact) mass is 463 g/mol. The van der Waals surface area contributed by atoms with Crippen LogP contribution in [0.25, 0.3) is 0 Å². The Labute approximate surface area is 195 Å². The maximum atomic E-state index is 12.7. The molecule has 7 nitrogen and oxygen atoms in total. The van der Waals surface area contributed by atoms with Crippen LogP contribution in [0.3, 0.4) is 0 Å². The first-order valence-electron chi connectivity index (χ1n) is 11.2. The molecule has 1 atom stereocenters. The molecule has 2 fully saturated rings. The molecule has 1 unspecified atom stereocenters. The Morgan fingerprint density at radius 2 is 1.79 bits per heavy atom. The van der Waals surface area contributed by atoms with Crippen LogP contribution in [0, 0.1) is 5.41 Å². The molecular weight excluding hydrogens is 438 g/mol. The lowest BCUT2D eigenvalue weighted by atomic mass is 9.76. The average molecular weight is 464 g/mol. The van der Waals surface area contributed by atoms with Gasteiger partial charge in [-0.2, -0.15) is 0 Å². The van der Waals surface area contributed by atoms with Crippen molar-refractivity contribution in [3.8, 4) is 0 Å². The zero-order chi connectivity index (χ0) is 22.8. The number of carbonyl (C=O) groups is 2. The van der Waals surface area contributed by atoms with Crippen LogP contribution in [-0.4, -0.2) is 33.5 Å². The summed E-state index contributed by atoms with van der Waals surface area (Å²) in [4.78, 5) is 23.4. The third-order valence-electron chi connectivity index (χ3n) is 6.87. The zero-order valence-corrected chi connectivity index (χ0v) is 18.9. The van der Waals surface area contributed by atoms with Gasteiger partial charge in [-0.05, 0) is 61.3 Å². The van der Waals surface area contributed by atoms with E-state index < -0.39 is 6.16 Å². The molecule has 33 heavy (non-hydrogen) atoms. The molecule has 3 aromatic rings. The van der Waals surface area contributed by atoms with Crippen molar-refractivity contribution in [2.45, 2.75) is 50.5 Å². The van der Waals surface area contributed by atoms with E-state index in [9.17, 15) is 9.59 Å². The lowest BCUT2D eigenvalue weighted by Crippen LogP contribution is -2.20. The molecule has 2 N–H and O–H groups in total. The van der Waals surface area contributed by atoms with Gasteiger partial charge in [0.15, 0.2) is 0 Å². The zero-order valence-electron chi connectivity index (χ0n) is 18.1. The molecule has 1 aromatic heterocycles. The lowest BCUT2D eigenvalue weighted by Gasteiger charge is -2.29. The summed E-state index contributed by atoms with van der Waals surface area (Å²) in [5.74, 6) is 0.237. The fraction of sp³-hybridized carbons (Fsp3) is 0.360. The maximum Gasteiger partial charge on any atom is 0.506 e. The number of nitrogens with zero attached hydrogens (tertiary/aromatic N) is 2. The number of benzene rings is 2. The third kappa shape index (κ3) is 4.90. The second kappa shape index (κ2) is 8.94. The van der Waals surface area contributed by atoms with Crippen LogP contribution in [0.15, 0.2) is 54.6 Å². The van der Waals surface area contributed by atoms with Crippen LogP contribution >= 0.6 is 11.3 Å². The van der Waals surface area contributed by atoms with Gasteiger partial charge in [-0.15, -0.1) is 10.2 Å². The number of rotatable bonds is 6. The molecule has 2 saturated carbocycles. The fourth-order valence-corrected chi connectivity index (χ4v) is 5.64. The van der Waals surface area contributed by atoms with Crippen molar-refractivity contribution < 1.29 is 19.4 Å². The second-order valence-electron chi connectivity index (χ2n) is 8.95. The van der Waals surface area contributed by atoms with Crippen molar-refractivity contribution in [3.05, 3.63) is 76.3 Å². The third-order valence-corrected chi connectivity index (χ3v) is 7.71. The van der Waals surface area contributed by atoms with E-state index in [2.05, 4.69) is 15.5 Å². The van der Waals surface area contributed by atoms with Crippen LogP contribution in [0.4, 0.5) is 9.93 Å². The van der Waals surface area contributed by atoms with Gasteiger partial charge in [0.2, 0.25) is 5.13 Å². The van der Waals surface area contributed by atoms with Gasteiger partial charge in [-0.1, -0.05) is 53.8 Å². The number of aromatic nitrogens is 2. The molecule has 2 aromatic carbocycles. The van der Waals surface area contributed by atoms with E-state index >= 15 is 0 Å². The molecule has 0 radical (unpaired) electrons. The van der Waals surface area contributed by atoms with Gasteiger partial charge in [0.1, 0.15) is 11.1 Å². The van der Waals surface area contributed by atoms with Gasteiger partial charge < -0.3 is 9.84 Å². The fourth-order valence-electron chi connectivity index (χ4n) is 4.87. The SMILES string of the molecule is O=C(O)OC1CC12CCC(c1ccc(C(=O)Nc3nnc(Cc4ccccc4)s3)cc1)CC2. The minimum Gasteiger partial charge on any atom is -0.450 e. The number of ether oxygens (including phenoxy) is 1. The summed E-state index contributed by atoms with van der Waals surface area (Å²) < 4.78 is 4.98. The highest BCUT2D eigenvalue weighted by Gasteiger charge is 2.57. The number of carbonyl (C=O) groups excluding carboxylic acids is 1. The summed E-state index contributed by atoms with van der Waals surface area (Å²) in [5, 5.41) is 21.3. The number of hydrogen-bond acceptors (Lipinski definition) is 6. The predicted octanol–water partition coefficient (Wildman–Crippen LogP) is 5.49. The number of hydrogen-bond donors (Lipinski definition) is 2. The molecule has 2 aliphatic rings. The van der Waals surface area contributed by atoms with Gasteiger partial charge >= 0.3 is 6.16 Å². The smallest absolute Gasteiger partial charge is 0.450 e. The van der Waals surface area contributed by atoms with E-state index in [1.165, 1.54) is 16.9 Å². The number of amides is 1. The van der Waals surface area contributed by atoms with E-state index in [0.717, 1.165) is 42.7 Å². The summed E-state index contributed by atoms with van der Waals surface area (Å²) in [7, 11) is 0. The normalized spacial score (nSPS) is 23.8. The molecule has 0 bridgehead atoms. The van der Waals surface area contributed by atoms with E-state index in [1.807, 2.05) is 54.6 Å². The minimum atomic E-state index is -1.17. The Hall–Kier alpha value is -3.26. The van der Waals surface area contributed by atoms with E-state index in [1.54, 1.807) is 0 Å². The summed E-state index contributed by atoms with van der Waals surface area (Å²) >= 11 is 1.38. The highest BCUT2D eigenvalue weighted by Crippen LogP contribution is 2.60. The molecule has 170 valence electrons. The Morgan fingerprint density at radius 1 is 1.06 bits per heavy atom. The molecular formula is C25H25N3O4S. The van der Waals surface area contributed by atoms with E-state index in [0.29, 0.717) is 23.0 Å². The van der Waals surface area contributed by atoms with Gasteiger partial charge in [0.25, 0.3) is 5.91 Å². The molecule has 1 heterocycles. The molecule has 1 amide bonds. The number of carboxylic acid groups (broad SMARTS) is 1. The average Bonchev–Trinajstić information content (AvgIpc) is 3.26. The number of nitrogens with one attached hydrogen (secondary N) is 1. The van der Waals surface area contributed by atoms with Crippen molar-refractivity contribution in [1.82, 2.24) is 10.2 Å². The first-order valence-corrected chi connectivity index (χ1v) is 12.0. The van der Waals surface area contributed by atoms with Crippen LogP contribution in [-0.2, 0) is 11.2 Å². The summed E-state index contributed by atoms with van der Waals surface area (Å²) in [6, 6.07) is 17.8. The van der Waals surface area contributed by atoms with E-state index in [4.69, 9.17) is 9.84 Å². The van der Waals surface area contributed by atoms with Gasteiger partial charge in [0.05, 0.1) is 0 Å². The Kier molecular flexibility index (Phi) is 5.85. The number of anilines is 1. The summed E-state index contributed by atoms with van der Waals surface area (Å²) in [5.41, 5.74) is 3.03. The van der Waals surface area contributed by atoms with Crippen molar-refractivity contribution in [1.29, 1.82) is 0 Å². The molecule has 0 saturated heterocycles. The quantitative estimate of drug-likeness (QED) is 0.469. The molecule has 2 aliphatic carbocycles.